The summed E-state index contributed by atoms with van der Waals surface area (Å²) in [6, 6.07) is 7.83. The SMILES string of the molecule is CCOC(=O)[C@H]1CCCCN1Cc1cc2cc(C)ccc2n(C)c1=O. The summed E-state index contributed by atoms with van der Waals surface area (Å²) in [6.45, 7) is 5.57. The van der Waals surface area contributed by atoms with E-state index in [4.69, 9.17) is 4.74 Å². The Labute approximate surface area is 148 Å². The van der Waals surface area contributed by atoms with E-state index in [1.165, 1.54) is 5.56 Å². The van der Waals surface area contributed by atoms with Gasteiger partial charge < -0.3 is 9.30 Å². The maximum Gasteiger partial charge on any atom is 0.323 e. The first kappa shape index (κ1) is 17.7. The number of nitrogens with zero attached hydrogens (tertiary/aromatic N) is 2. The van der Waals surface area contributed by atoms with Crippen LogP contribution in [0.3, 0.4) is 0 Å². The number of fused-ring (bicyclic) bond motifs is 1. The number of benzene rings is 1. The third-order valence-corrected chi connectivity index (χ3v) is 5.00. The lowest BCUT2D eigenvalue weighted by molar-refractivity contribution is -0.151. The van der Waals surface area contributed by atoms with E-state index in [2.05, 4.69) is 11.0 Å². The molecule has 0 aliphatic carbocycles. The first-order valence-electron chi connectivity index (χ1n) is 9.01. The Morgan fingerprint density at radius 2 is 2.08 bits per heavy atom. The lowest BCUT2D eigenvalue weighted by Crippen LogP contribution is -2.45. The summed E-state index contributed by atoms with van der Waals surface area (Å²) in [5, 5.41) is 1.06. The molecule has 0 radical (unpaired) electrons. The zero-order valence-corrected chi connectivity index (χ0v) is 15.2. The second kappa shape index (κ2) is 7.40. The van der Waals surface area contributed by atoms with Crippen LogP contribution in [0.1, 0.15) is 37.3 Å². The molecule has 2 heterocycles. The van der Waals surface area contributed by atoms with Crippen LogP contribution in [0, 0.1) is 6.92 Å². The van der Waals surface area contributed by atoms with Gasteiger partial charge >= 0.3 is 5.97 Å². The van der Waals surface area contributed by atoms with E-state index in [0.717, 1.165) is 42.3 Å². The van der Waals surface area contributed by atoms with Crippen molar-refractivity contribution in [3.05, 3.63) is 45.7 Å². The number of likely N-dealkylation sites (tertiary alicyclic amines) is 1. The van der Waals surface area contributed by atoms with Gasteiger partial charge in [0.05, 0.1) is 12.1 Å². The van der Waals surface area contributed by atoms with Crippen molar-refractivity contribution in [2.24, 2.45) is 7.05 Å². The highest BCUT2D eigenvalue weighted by atomic mass is 16.5. The normalized spacial score (nSPS) is 18.4. The van der Waals surface area contributed by atoms with Crippen LogP contribution in [0.15, 0.2) is 29.1 Å². The Hall–Kier alpha value is -2.14. The third kappa shape index (κ3) is 3.61. The summed E-state index contributed by atoms with van der Waals surface area (Å²) in [7, 11) is 1.81. The Morgan fingerprint density at radius 3 is 2.84 bits per heavy atom. The van der Waals surface area contributed by atoms with Crippen LogP contribution >= 0.6 is 0 Å². The fourth-order valence-corrected chi connectivity index (χ4v) is 3.69. The number of pyridine rings is 1. The molecule has 2 aromatic rings. The van der Waals surface area contributed by atoms with Gasteiger partial charge in [-0.1, -0.05) is 18.1 Å². The van der Waals surface area contributed by atoms with Crippen LogP contribution in [0.2, 0.25) is 0 Å². The molecular formula is C20H26N2O3. The molecule has 1 aromatic carbocycles. The molecule has 5 heteroatoms. The van der Waals surface area contributed by atoms with Crippen molar-refractivity contribution >= 4 is 16.9 Å². The molecule has 3 rings (SSSR count). The van der Waals surface area contributed by atoms with Gasteiger partial charge in [-0.25, -0.2) is 0 Å². The topological polar surface area (TPSA) is 51.5 Å². The molecule has 25 heavy (non-hydrogen) atoms. The minimum atomic E-state index is -0.244. The summed E-state index contributed by atoms with van der Waals surface area (Å²) < 4.78 is 6.93. The van der Waals surface area contributed by atoms with Gasteiger partial charge in [-0.15, -0.1) is 0 Å². The number of aromatic nitrogens is 1. The van der Waals surface area contributed by atoms with E-state index in [1.807, 2.05) is 39.1 Å². The van der Waals surface area contributed by atoms with Crippen molar-refractivity contribution in [3.8, 4) is 0 Å². The first-order valence-corrected chi connectivity index (χ1v) is 9.01. The van der Waals surface area contributed by atoms with Gasteiger partial charge in [-0.3, -0.25) is 14.5 Å². The number of hydrogen-bond acceptors (Lipinski definition) is 4. The second-order valence-corrected chi connectivity index (χ2v) is 6.83. The average Bonchev–Trinajstić information content (AvgIpc) is 2.60. The number of carbonyl (C=O) groups excluding carboxylic acids is 1. The highest BCUT2D eigenvalue weighted by Gasteiger charge is 2.30. The standard InChI is InChI=1S/C20H26N2O3/c1-4-25-20(24)18-7-5-6-10-22(18)13-16-12-15-11-14(2)8-9-17(15)21(3)19(16)23/h8-9,11-12,18H,4-7,10,13H2,1-3H3/t18-/m1/s1. The van der Waals surface area contributed by atoms with Gasteiger partial charge in [0.1, 0.15) is 6.04 Å². The molecule has 5 nitrogen and oxygen atoms in total. The van der Waals surface area contributed by atoms with Crippen molar-refractivity contribution in [3.63, 3.8) is 0 Å². The number of ether oxygens (including phenoxy) is 1. The van der Waals surface area contributed by atoms with Gasteiger partial charge in [0.15, 0.2) is 0 Å². The Bertz CT molecular complexity index is 841. The summed E-state index contributed by atoms with van der Waals surface area (Å²) in [6.07, 6.45) is 2.86. The van der Waals surface area contributed by atoms with E-state index >= 15 is 0 Å². The zero-order valence-electron chi connectivity index (χ0n) is 15.2. The maximum absolute atomic E-state index is 12.8. The minimum Gasteiger partial charge on any atom is -0.465 e. The van der Waals surface area contributed by atoms with Crippen molar-refractivity contribution in [1.29, 1.82) is 0 Å². The molecule has 0 unspecified atom stereocenters. The van der Waals surface area contributed by atoms with Gasteiger partial charge in [0, 0.05) is 19.2 Å². The summed E-state index contributed by atoms with van der Waals surface area (Å²) in [5.41, 5.74) is 2.83. The highest BCUT2D eigenvalue weighted by Crippen LogP contribution is 2.22. The number of hydrogen-bond donors (Lipinski definition) is 0. The van der Waals surface area contributed by atoms with Crippen LogP contribution in [0.4, 0.5) is 0 Å². The first-order chi connectivity index (χ1) is 12.0. The molecule has 1 aromatic heterocycles. The van der Waals surface area contributed by atoms with E-state index in [9.17, 15) is 9.59 Å². The van der Waals surface area contributed by atoms with E-state index < -0.39 is 0 Å². The number of esters is 1. The van der Waals surface area contributed by atoms with E-state index in [-0.39, 0.29) is 17.6 Å². The molecule has 134 valence electrons. The number of carbonyl (C=O) groups is 1. The Kier molecular flexibility index (Phi) is 5.23. The lowest BCUT2D eigenvalue weighted by Gasteiger charge is -2.33. The Morgan fingerprint density at radius 1 is 1.28 bits per heavy atom. The quantitative estimate of drug-likeness (QED) is 0.802. The van der Waals surface area contributed by atoms with Crippen LogP contribution in [0.25, 0.3) is 10.9 Å². The van der Waals surface area contributed by atoms with Crippen LogP contribution in [-0.4, -0.2) is 34.6 Å². The highest BCUT2D eigenvalue weighted by molar-refractivity contribution is 5.80. The second-order valence-electron chi connectivity index (χ2n) is 6.83. The minimum absolute atomic E-state index is 0.00420. The molecule has 0 bridgehead atoms. The number of rotatable bonds is 4. The Balaban J connectivity index is 1.94. The van der Waals surface area contributed by atoms with Crippen molar-refractivity contribution in [1.82, 2.24) is 9.47 Å². The lowest BCUT2D eigenvalue weighted by atomic mass is 10.0. The predicted octanol–water partition coefficient (Wildman–Crippen LogP) is 2.76. The molecule has 0 amide bonds. The molecule has 0 saturated carbocycles. The average molecular weight is 342 g/mol. The molecule has 0 spiro atoms. The smallest absolute Gasteiger partial charge is 0.323 e. The van der Waals surface area contributed by atoms with E-state index in [0.29, 0.717) is 13.2 Å². The molecule has 1 atom stereocenters. The van der Waals surface area contributed by atoms with Gasteiger partial charge in [-0.05, 0) is 56.8 Å². The van der Waals surface area contributed by atoms with Gasteiger partial charge in [0.2, 0.25) is 0 Å². The third-order valence-electron chi connectivity index (χ3n) is 5.00. The van der Waals surface area contributed by atoms with Gasteiger partial charge in [-0.2, -0.15) is 0 Å². The van der Waals surface area contributed by atoms with Crippen molar-refractivity contribution in [2.45, 2.75) is 45.7 Å². The number of aryl methyl sites for hydroxylation is 2. The molecule has 1 aliphatic heterocycles. The summed E-state index contributed by atoms with van der Waals surface area (Å²) in [5.74, 6) is -0.171. The van der Waals surface area contributed by atoms with Crippen LogP contribution in [-0.2, 0) is 23.1 Å². The predicted molar refractivity (Wildman–Crippen MR) is 98.6 cm³/mol. The maximum atomic E-state index is 12.8. The largest absolute Gasteiger partial charge is 0.465 e. The molecule has 0 N–H and O–H groups in total. The van der Waals surface area contributed by atoms with Gasteiger partial charge in [0.25, 0.3) is 5.56 Å². The molecular weight excluding hydrogens is 316 g/mol. The van der Waals surface area contributed by atoms with E-state index in [1.54, 1.807) is 4.57 Å². The fraction of sp³-hybridized carbons (Fsp3) is 0.500. The molecule has 1 fully saturated rings. The van der Waals surface area contributed by atoms with Crippen molar-refractivity contribution < 1.29 is 9.53 Å². The number of piperidine rings is 1. The van der Waals surface area contributed by atoms with Crippen LogP contribution < -0.4 is 5.56 Å². The monoisotopic (exact) mass is 342 g/mol. The molecule has 1 aliphatic rings. The zero-order chi connectivity index (χ0) is 18.0. The van der Waals surface area contributed by atoms with Crippen molar-refractivity contribution in [2.75, 3.05) is 13.2 Å². The van der Waals surface area contributed by atoms with Crippen LogP contribution in [0.5, 0.6) is 0 Å². The summed E-state index contributed by atoms with van der Waals surface area (Å²) >= 11 is 0. The summed E-state index contributed by atoms with van der Waals surface area (Å²) in [4.78, 5) is 27.1. The molecule has 1 saturated heterocycles. The fourth-order valence-electron chi connectivity index (χ4n) is 3.69.